The highest BCUT2D eigenvalue weighted by atomic mass is 16.5. The number of ether oxygens (including phenoxy) is 1. The van der Waals surface area contributed by atoms with Crippen molar-refractivity contribution in [3.05, 3.63) is 0 Å². The van der Waals surface area contributed by atoms with Gasteiger partial charge in [-0.15, -0.1) is 0 Å². The third-order valence-electron chi connectivity index (χ3n) is 4.26. The Morgan fingerprint density at radius 3 is 2.80 bits per heavy atom. The summed E-state index contributed by atoms with van der Waals surface area (Å²) in [5.41, 5.74) is 0.386. The van der Waals surface area contributed by atoms with E-state index >= 15 is 0 Å². The zero-order chi connectivity index (χ0) is 10.7. The quantitative estimate of drug-likeness (QED) is 0.762. The van der Waals surface area contributed by atoms with Gasteiger partial charge in [0.15, 0.2) is 0 Å². The van der Waals surface area contributed by atoms with E-state index in [0.29, 0.717) is 11.6 Å². The molecule has 0 aromatic carbocycles. The molecule has 1 N–H and O–H groups in total. The van der Waals surface area contributed by atoms with Gasteiger partial charge in [-0.25, -0.2) is 0 Å². The fourth-order valence-electron chi connectivity index (χ4n) is 3.10. The van der Waals surface area contributed by atoms with Crippen molar-refractivity contribution in [3.8, 4) is 0 Å². The minimum atomic E-state index is 0.386. The smallest absolute Gasteiger partial charge is 0.0622 e. The molecular weight excluding hydrogens is 188 g/mol. The molecule has 0 aliphatic carbocycles. The van der Waals surface area contributed by atoms with Crippen LogP contribution >= 0.6 is 0 Å². The van der Waals surface area contributed by atoms with Gasteiger partial charge in [-0.1, -0.05) is 13.8 Å². The molecule has 2 fully saturated rings. The standard InChI is InChI=1S/C12H24N2O/c1-3-12(4-2)10-13-6-7-14(12)11-5-8-15-9-11/h11,13H,3-10H2,1-2H3. The summed E-state index contributed by atoms with van der Waals surface area (Å²) in [6, 6.07) is 0.673. The lowest BCUT2D eigenvalue weighted by molar-refractivity contribution is 0.00859. The Labute approximate surface area is 93.2 Å². The van der Waals surface area contributed by atoms with Gasteiger partial charge < -0.3 is 10.1 Å². The number of nitrogens with one attached hydrogen (secondary N) is 1. The Hall–Kier alpha value is -0.120. The van der Waals surface area contributed by atoms with Crippen LogP contribution in [0.3, 0.4) is 0 Å². The minimum absolute atomic E-state index is 0.386. The van der Waals surface area contributed by atoms with Gasteiger partial charge >= 0.3 is 0 Å². The van der Waals surface area contributed by atoms with Crippen LogP contribution in [0.25, 0.3) is 0 Å². The van der Waals surface area contributed by atoms with E-state index in [1.807, 2.05) is 0 Å². The molecule has 2 aliphatic heterocycles. The van der Waals surface area contributed by atoms with Gasteiger partial charge in [0.05, 0.1) is 6.61 Å². The third-order valence-corrected chi connectivity index (χ3v) is 4.26. The number of nitrogens with zero attached hydrogens (tertiary/aromatic N) is 1. The predicted molar refractivity (Wildman–Crippen MR) is 62.1 cm³/mol. The Balaban J connectivity index is 2.10. The summed E-state index contributed by atoms with van der Waals surface area (Å²) in [5, 5.41) is 3.55. The molecule has 0 radical (unpaired) electrons. The van der Waals surface area contributed by atoms with E-state index in [-0.39, 0.29) is 0 Å². The molecule has 0 spiro atoms. The maximum Gasteiger partial charge on any atom is 0.0622 e. The monoisotopic (exact) mass is 212 g/mol. The first-order valence-electron chi connectivity index (χ1n) is 6.37. The zero-order valence-corrected chi connectivity index (χ0v) is 10.1. The molecule has 1 atom stereocenters. The van der Waals surface area contributed by atoms with Crippen molar-refractivity contribution in [1.82, 2.24) is 10.2 Å². The summed E-state index contributed by atoms with van der Waals surface area (Å²) >= 11 is 0. The Morgan fingerprint density at radius 1 is 1.40 bits per heavy atom. The molecule has 0 aromatic rings. The molecule has 3 heteroatoms. The van der Waals surface area contributed by atoms with E-state index in [4.69, 9.17) is 4.74 Å². The van der Waals surface area contributed by atoms with Crippen LogP contribution < -0.4 is 5.32 Å². The van der Waals surface area contributed by atoms with Crippen LogP contribution in [0.2, 0.25) is 0 Å². The maximum absolute atomic E-state index is 5.53. The van der Waals surface area contributed by atoms with Crippen molar-refractivity contribution < 1.29 is 4.74 Å². The first-order valence-corrected chi connectivity index (χ1v) is 6.37. The molecule has 88 valence electrons. The molecule has 0 saturated carbocycles. The third kappa shape index (κ3) is 2.05. The van der Waals surface area contributed by atoms with E-state index in [9.17, 15) is 0 Å². The molecule has 0 aromatic heterocycles. The fourth-order valence-corrected chi connectivity index (χ4v) is 3.10. The molecule has 0 amide bonds. The number of rotatable bonds is 3. The second kappa shape index (κ2) is 4.81. The lowest BCUT2D eigenvalue weighted by Gasteiger charge is -2.49. The van der Waals surface area contributed by atoms with Gasteiger partial charge in [0.2, 0.25) is 0 Å². The summed E-state index contributed by atoms with van der Waals surface area (Å²) in [6.07, 6.45) is 3.71. The SMILES string of the molecule is CCC1(CC)CNCCN1C1CCOC1. The van der Waals surface area contributed by atoms with Crippen LogP contribution in [0, 0.1) is 0 Å². The van der Waals surface area contributed by atoms with Crippen LogP contribution in [0.5, 0.6) is 0 Å². The van der Waals surface area contributed by atoms with Crippen molar-refractivity contribution in [2.75, 3.05) is 32.8 Å². The van der Waals surface area contributed by atoms with Crippen molar-refractivity contribution in [2.24, 2.45) is 0 Å². The van der Waals surface area contributed by atoms with Gasteiger partial charge in [0.1, 0.15) is 0 Å². The number of piperazine rings is 1. The lowest BCUT2D eigenvalue weighted by Crippen LogP contribution is -2.63. The molecule has 2 rings (SSSR count). The summed E-state index contributed by atoms with van der Waals surface area (Å²) in [4.78, 5) is 2.72. The molecule has 2 heterocycles. The van der Waals surface area contributed by atoms with Crippen LogP contribution in [0.15, 0.2) is 0 Å². The van der Waals surface area contributed by atoms with Crippen LogP contribution in [0.4, 0.5) is 0 Å². The Morgan fingerprint density at radius 2 is 2.20 bits per heavy atom. The predicted octanol–water partition coefficient (Wildman–Crippen LogP) is 1.24. The summed E-state index contributed by atoms with van der Waals surface area (Å²) in [6.45, 7) is 10.0. The van der Waals surface area contributed by atoms with Gasteiger partial charge in [0, 0.05) is 37.8 Å². The lowest BCUT2D eigenvalue weighted by atomic mass is 9.87. The van der Waals surface area contributed by atoms with Crippen LogP contribution in [0.1, 0.15) is 33.1 Å². The zero-order valence-electron chi connectivity index (χ0n) is 10.1. The van der Waals surface area contributed by atoms with Crippen LogP contribution in [-0.4, -0.2) is 49.3 Å². The summed E-state index contributed by atoms with van der Waals surface area (Å²) in [7, 11) is 0. The van der Waals surface area contributed by atoms with Crippen molar-refractivity contribution in [1.29, 1.82) is 0 Å². The first kappa shape index (κ1) is 11.4. The molecule has 15 heavy (non-hydrogen) atoms. The number of hydrogen-bond acceptors (Lipinski definition) is 3. The minimum Gasteiger partial charge on any atom is -0.380 e. The Bertz CT molecular complexity index is 198. The van der Waals surface area contributed by atoms with E-state index in [0.717, 1.165) is 26.3 Å². The Kier molecular flexibility index (Phi) is 3.65. The van der Waals surface area contributed by atoms with Gasteiger partial charge in [-0.05, 0) is 19.3 Å². The highest BCUT2D eigenvalue weighted by Crippen LogP contribution is 2.30. The maximum atomic E-state index is 5.53. The second-order valence-electron chi connectivity index (χ2n) is 4.82. The van der Waals surface area contributed by atoms with E-state index < -0.39 is 0 Å². The van der Waals surface area contributed by atoms with Crippen LogP contribution in [-0.2, 0) is 4.74 Å². The van der Waals surface area contributed by atoms with E-state index in [1.165, 1.54) is 25.8 Å². The first-order chi connectivity index (χ1) is 7.32. The summed E-state index contributed by atoms with van der Waals surface area (Å²) in [5.74, 6) is 0. The van der Waals surface area contributed by atoms with Gasteiger partial charge in [0.25, 0.3) is 0 Å². The molecule has 2 aliphatic rings. The molecular formula is C12H24N2O. The van der Waals surface area contributed by atoms with Crippen molar-refractivity contribution in [2.45, 2.75) is 44.7 Å². The van der Waals surface area contributed by atoms with Gasteiger partial charge in [-0.2, -0.15) is 0 Å². The fraction of sp³-hybridized carbons (Fsp3) is 1.00. The highest BCUT2D eigenvalue weighted by Gasteiger charge is 2.40. The second-order valence-corrected chi connectivity index (χ2v) is 4.82. The molecule has 2 saturated heterocycles. The van der Waals surface area contributed by atoms with E-state index in [1.54, 1.807) is 0 Å². The number of hydrogen-bond donors (Lipinski definition) is 1. The van der Waals surface area contributed by atoms with Gasteiger partial charge in [-0.3, -0.25) is 4.90 Å². The average Bonchev–Trinajstić information content (AvgIpc) is 2.82. The average molecular weight is 212 g/mol. The van der Waals surface area contributed by atoms with E-state index in [2.05, 4.69) is 24.1 Å². The summed E-state index contributed by atoms with van der Waals surface area (Å²) < 4.78 is 5.53. The topological polar surface area (TPSA) is 24.5 Å². The molecule has 1 unspecified atom stereocenters. The van der Waals surface area contributed by atoms with Crippen molar-refractivity contribution >= 4 is 0 Å². The molecule has 0 bridgehead atoms. The van der Waals surface area contributed by atoms with Crippen molar-refractivity contribution in [3.63, 3.8) is 0 Å². The normalized spacial score (nSPS) is 32.0. The highest BCUT2D eigenvalue weighted by molar-refractivity contribution is 4.97. The molecule has 3 nitrogen and oxygen atoms in total. The largest absolute Gasteiger partial charge is 0.380 e.